The van der Waals surface area contributed by atoms with Gasteiger partial charge >= 0.3 is 17.8 Å². The number of nitrogens with one attached hydrogen (secondary N) is 1. The van der Waals surface area contributed by atoms with Crippen molar-refractivity contribution in [1.82, 2.24) is 29.7 Å². The standard InChI is InChI=1S/C17H20N6O3/c1-2-21-11-12-23(16(25)15(21)24)17(26)20-8-10-22-9-7-19-14(22)13-5-3-4-6-18-13/h3-7,9H,2,8,10-12H2,1H3,(H,20,26). The zero-order valence-corrected chi connectivity index (χ0v) is 14.5. The second-order valence-corrected chi connectivity index (χ2v) is 5.73. The summed E-state index contributed by atoms with van der Waals surface area (Å²) < 4.78 is 1.87. The minimum Gasteiger partial charge on any atom is -0.336 e. The van der Waals surface area contributed by atoms with Crippen molar-refractivity contribution in [3.05, 3.63) is 36.8 Å². The molecule has 9 nitrogen and oxygen atoms in total. The number of amides is 4. The molecular weight excluding hydrogens is 336 g/mol. The van der Waals surface area contributed by atoms with E-state index in [1.54, 1.807) is 25.5 Å². The maximum Gasteiger partial charge on any atom is 0.324 e. The van der Waals surface area contributed by atoms with Gasteiger partial charge in [-0.25, -0.2) is 9.78 Å². The first-order valence-electron chi connectivity index (χ1n) is 8.43. The Labute approximate surface area is 150 Å². The van der Waals surface area contributed by atoms with Crippen molar-refractivity contribution in [2.24, 2.45) is 0 Å². The van der Waals surface area contributed by atoms with Gasteiger partial charge < -0.3 is 14.8 Å². The summed E-state index contributed by atoms with van der Waals surface area (Å²) in [6.07, 6.45) is 5.15. The molecule has 0 radical (unpaired) electrons. The fourth-order valence-electron chi connectivity index (χ4n) is 2.77. The fourth-order valence-corrected chi connectivity index (χ4v) is 2.77. The van der Waals surface area contributed by atoms with Gasteiger partial charge in [0.15, 0.2) is 5.82 Å². The van der Waals surface area contributed by atoms with E-state index >= 15 is 0 Å². The van der Waals surface area contributed by atoms with Gasteiger partial charge in [-0.2, -0.15) is 0 Å². The molecule has 4 amide bonds. The van der Waals surface area contributed by atoms with Gasteiger partial charge in [-0.3, -0.25) is 19.5 Å². The molecule has 1 aliphatic rings. The summed E-state index contributed by atoms with van der Waals surface area (Å²) >= 11 is 0. The van der Waals surface area contributed by atoms with Gasteiger partial charge in [0, 0.05) is 51.3 Å². The summed E-state index contributed by atoms with van der Waals surface area (Å²) in [5.74, 6) is -0.726. The van der Waals surface area contributed by atoms with Gasteiger partial charge in [0.2, 0.25) is 0 Å². The van der Waals surface area contributed by atoms with Crippen molar-refractivity contribution >= 4 is 17.8 Å². The van der Waals surface area contributed by atoms with Crippen LogP contribution in [-0.2, 0) is 16.1 Å². The summed E-state index contributed by atoms with van der Waals surface area (Å²) in [4.78, 5) is 47.0. The summed E-state index contributed by atoms with van der Waals surface area (Å²) in [6.45, 7) is 3.58. The van der Waals surface area contributed by atoms with Crippen LogP contribution in [0.25, 0.3) is 11.5 Å². The lowest BCUT2D eigenvalue weighted by Gasteiger charge is -2.31. The van der Waals surface area contributed by atoms with Crippen LogP contribution in [0.1, 0.15) is 6.92 Å². The van der Waals surface area contributed by atoms with Gasteiger partial charge in [0.05, 0.1) is 0 Å². The monoisotopic (exact) mass is 356 g/mol. The average Bonchev–Trinajstić information content (AvgIpc) is 3.13. The lowest BCUT2D eigenvalue weighted by atomic mass is 10.3. The molecule has 9 heteroatoms. The number of piperazine rings is 1. The number of likely N-dealkylation sites (N-methyl/N-ethyl adjacent to an activating group) is 1. The summed E-state index contributed by atoms with van der Waals surface area (Å²) in [7, 11) is 0. The van der Waals surface area contributed by atoms with E-state index in [9.17, 15) is 14.4 Å². The molecule has 136 valence electrons. The van der Waals surface area contributed by atoms with Crippen LogP contribution in [0, 0.1) is 0 Å². The van der Waals surface area contributed by atoms with E-state index in [0.717, 1.165) is 10.6 Å². The highest BCUT2D eigenvalue weighted by atomic mass is 16.2. The van der Waals surface area contributed by atoms with Crippen LogP contribution >= 0.6 is 0 Å². The van der Waals surface area contributed by atoms with Crippen molar-refractivity contribution in [1.29, 1.82) is 0 Å². The Morgan fingerprint density at radius 3 is 2.73 bits per heavy atom. The summed E-state index contributed by atoms with van der Waals surface area (Å²) in [5, 5.41) is 2.68. The maximum absolute atomic E-state index is 12.2. The normalized spacial score (nSPS) is 14.7. The van der Waals surface area contributed by atoms with E-state index in [4.69, 9.17) is 0 Å². The Hall–Kier alpha value is -3.23. The zero-order chi connectivity index (χ0) is 18.5. The highest BCUT2D eigenvalue weighted by Crippen LogP contribution is 2.13. The number of aromatic nitrogens is 3. The first-order chi connectivity index (χ1) is 12.6. The van der Waals surface area contributed by atoms with E-state index in [1.165, 1.54) is 4.90 Å². The van der Waals surface area contributed by atoms with Crippen molar-refractivity contribution < 1.29 is 14.4 Å². The molecule has 2 aromatic heterocycles. The molecule has 0 bridgehead atoms. The Kier molecular flexibility index (Phi) is 5.26. The number of carbonyl (C=O) groups is 3. The Morgan fingerprint density at radius 1 is 1.15 bits per heavy atom. The average molecular weight is 356 g/mol. The quantitative estimate of drug-likeness (QED) is 0.779. The molecule has 1 fully saturated rings. The van der Waals surface area contributed by atoms with Crippen molar-refractivity contribution in [3.8, 4) is 11.5 Å². The van der Waals surface area contributed by atoms with Gasteiger partial charge in [0.1, 0.15) is 5.69 Å². The topological polar surface area (TPSA) is 100 Å². The first-order valence-corrected chi connectivity index (χ1v) is 8.43. The van der Waals surface area contributed by atoms with Crippen LogP contribution in [0.4, 0.5) is 4.79 Å². The summed E-state index contributed by atoms with van der Waals surface area (Å²) in [5.41, 5.74) is 0.736. The molecule has 2 aromatic rings. The number of hydrogen-bond donors (Lipinski definition) is 1. The molecule has 3 rings (SSSR count). The third kappa shape index (κ3) is 3.56. The van der Waals surface area contributed by atoms with Crippen LogP contribution in [-0.4, -0.2) is 68.4 Å². The molecule has 1 aliphatic heterocycles. The lowest BCUT2D eigenvalue weighted by Crippen LogP contribution is -2.58. The van der Waals surface area contributed by atoms with Gasteiger partial charge in [-0.05, 0) is 19.1 Å². The van der Waals surface area contributed by atoms with Crippen LogP contribution in [0.15, 0.2) is 36.8 Å². The Balaban J connectivity index is 1.56. The number of carbonyl (C=O) groups excluding carboxylic acids is 3. The molecule has 0 spiro atoms. The smallest absolute Gasteiger partial charge is 0.324 e. The van der Waals surface area contributed by atoms with Crippen LogP contribution in [0.3, 0.4) is 0 Å². The van der Waals surface area contributed by atoms with Crippen molar-refractivity contribution in [2.75, 3.05) is 26.2 Å². The van der Waals surface area contributed by atoms with E-state index < -0.39 is 17.8 Å². The molecule has 1 N–H and O–H groups in total. The first kappa shape index (κ1) is 17.6. The van der Waals surface area contributed by atoms with Crippen LogP contribution in [0.2, 0.25) is 0 Å². The number of imidazole rings is 1. The van der Waals surface area contributed by atoms with Crippen LogP contribution < -0.4 is 5.32 Å². The predicted octanol–water partition coefficient (Wildman–Crippen LogP) is 0.345. The number of imide groups is 1. The van der Waals surface area contributed by atoms with Crippen molar-refractivity contribution in [3.63, 3.8) is 0 Å². The molecule has 0 atom stereocenters. The number of urea groups is 1. The molecule has 1 saturated heterocycles. The van der Waals surface area contributed by atoms with E-state index in [-0.39, 0.29) is 6.54 Å². The SMILES string of the molecule is CCN1CCN(C(=O)NCCn2ccnc2-c2ccccn2)C(=O)C1=O. The number of hydrogen-bond acceptors (Lipinski definition) is 5. The minimum atomic E-state index is -0.785. The fraction of sp³-hybridized carbons (Fsp3) is 0.353. The Bertz CT molecular complexity index is 804. The molecule has 3 heterocycles. The number of nitrogens with zero attached hydrogens (tertiary/aromatic N) is 5. The third-order valence-corrected chi connectivity index (χ3v) is 4.17. The molecule has 0 unspecified atom stereocenters. The second kappa shape index (κ2) is 7.77. The molecule has 26 heavy (non-hydrogen) atoms. The van der Waals surface area contributed by atoms with Crippen molar-refractivity contribution in [2.45, 2.75) is 13.5 Å². The Morgan fingerprint density at radius 2 is 2.00 bits per heavy atom. The predicted molar refractivity (Wildman–Crippen MR) is 92.8 cm³/mol. The molecular formula is C17H20N6O3. The van der Waals surface area contributed by atoms with Gasteiger partial charge in [-0.15, -0.1) is 0 Å². The van der Waals surface area contributed by atoms with E-state index in [2.05, 4.69) is 15.3 Å². The summed E-state index contributed by atoms with van der Waals surface area (Å²) in [6, 6.07) is 5.00. The molecule has 0 aromatic carbocycles. The van der Waals surface area contributed by atoms with Crippen LogP contribution in [0.5, 0.6) is 0 Å². The zero-order valence-electron chi connectivity index (χ0n) is 14.5. The molecule has 0 aliphatic carbocycles. The second-order valence-electron chi connectivity index (χ2n) is 5.73. The third-order valence-electron chi connectivity index (χ3n) is 4.17. The minimum absolute atomic E-state index is 0.203. The largest absolute Gasteiger partial charge is 0.336 e. The van der Waals surface area contributed by atoms with Gasteiger partial charge in [0.25, 0.3) is 0 Å². The lowest BCUT2D eigenvalue weighted by molar-refractivity contribution is -0.153. The number of pyridine rings is 1. The van der Waals surface area contributed by atoms with E-state index in [1.807, 2.05) is 22.8 Å². The number of rotatable bonds is 5. The van der Waals surface area contributed by atoms with E-state index in [0.29, 0.717) is 32.0 Å². The highest BCUT2D eigenvalue weighted by Gasteiger charge is 2.35. The maximum atomic E-state index is 12.2. The van der Waals surface area contributed by atoms with Gasteiger partial charge in [-0.1, -0.05) is 6.07 Å². The highest BCUT2D eigenvalue weighted by molar-refractivity contribution is 6.38. The molecule has 0 saturated carbocycles.